The van der Waals surface area contributed by atoms with Crippen molar-refractivity contribution < 1.29 is 9.53 Å². The normalized spacial score (nSPS) is 29.3. The molecule has 2 aliphatic heterocycles. The van der Waals surface area contributed by atoms with Gasteiger partial charge in [0, 0.05) is 16.6 Å². The van der Waals surface area contributed by atoms with E-state index in [1.807, 2.05) is 30.0 Å². The molecule has 1 aromatic rings. The highest BCUT2D eigenvalue weighted by molar-refractivity contribution is 7.99. The first-order valence-electron chi connectivity index (χ1n) is 4.74. The van der Waals surface area contributed by atoms with E-state index < -0.39 is 0 Å². The monoisotopic (exact) mass is 206 g/mol. The van der Waals surface area contributed by atoms with Gasteiger partial charge < -0.3 is 4.74 Å². The van der Waals surface area contributed by atoms with E-state index in [-0.39, 0.29) is 11.9 Å². The van der Waals surface area contributed by atoms with Gasteiger partial charge in [0.25, 0.3) is 0 Å². The Bertz CT molecular complexity index is 389. The van der Waals surface area contributed by atoms with Crippen LogP contribution in [-0.2, 0) is 9.53 Å². The van der Waals surface area contributed by atoms with E-state index in [1.54, 1.807) is 0 Å². The number of rotatable bonds is 0. The summed E-state index contributed by atoms with van der Waals surface area (Å²) in [5.41, 5.74) is 1.16. The maximum absolute atomic E-state index is 11.5. The van der Waals surface area contributed by atoms with Gasteiger partial charge in [0.1, 0.15) is 0 Å². The molecule has 1 saturated heterocycles. The van der Waals surface area contributed by atoms with E-state index >= 15 is 0 Å². The molecule has 0 spiro atoms. The second-order valence-electron chi connectivity index (χ2n) is 3.72. The van der Waals surface area contributed by atoms with Gasteiger partial charge in [-0.15, -0.1) is 11.8 Å². The number of thioether (sulfide) groups is 1. The summed E-state index contributed by atoms with van der Waals surface area (Å²) < 4.78 is 5.10. The van der Waals surface area contributed by atoms with Gasteiger partial charge in [0.2, 0.25) is 0 Å². The first-order valence-corrected chi connectivity index (χ1v) is 5.73. The largest absolute Gasteiger partial charge is 0.465 e. The van der Waals surface area contributed by atoms with Crippen molar-refractivity contribution in [3.8, 4) is 0 Å². The lowest BCUT2D eigenvalue weighted by Gasteiger charge is -2.23. The zero-order chi connectivity index (χ0) is 9.54. The molecule has 0 bridgehead atoms. The number of hydrogen-bond donors (Lipinski definition) is 0. The molecule has 0 radical (unpaired) electrons. The molecule has 1 fully saturated rings. The molecule has 2 heterocycles. The average molecular weight is 206 g/mol. The van der Waals surface area contributed by atoms with Crippen LogP contribution in [0.25, 0.3) is 0 Å². The Kier molecular flexibility index (Phi) is 1.80. The van der Waals surface area contributed by atoms with Gasteiger partial charge in [-0.25, -0.2) is 0 Å². The van der Waals surface area contributed by atoms with E-state index in [0.29, 0.717) is 12.5 Å². The fourth-order valence-corrected chi connectivity index (χ4v) is 3.38. The highest BCUT2D eigenvalue weighted by Crippen LogP contribution is 2.44. The molecule has 2 atom stereocenters. The zero-order valence-corrected chi connectivity index (χ0v) is 8.42. The third-order valence-electron chi connectivity index (χ3n) is 2.87. The van der Waals surface area contributed by atoms with E-state index in [0.717, 1.165) is 11.3 Å². The smallest absolute Gasteiger partial charge is 0.313 e. The summed E-state index contributed by atoms with van der Waals surface area (Å²) in [6.45, 7) is 0.602. The van der Waals surface area contributed by atoms with Crippen LogP contribution < -0.4 is 0 Å². The number of esters is 1. The number of fused-ring (bicyclic) bond motifs is 3. The number of cyclic esters (lactones) is 1. The average Bonchev–Trinajstić information content (AvgIpc) is 2.61. The van der Waals surface area contributed by atoms with Gasteiger partial charge in [0.15, 0.2) is 0 Å². The first-order chi connectivity index (χ1) is 6.86. The fraction of sp³-hybridized carbons (Fsp3) is 0.364. The summed E-state index contributed by atoms with van der Waals surface area (Å²) in [4.78, 5) is 12.8. The zero-order valence-electron chi connectivity index (χ0n) is 7.60. The van der Waals surface area contributed by atoms with Crippen LogP contribution in [0.3, 0.4) is 0 Å². The second-order valence-corrected chi connectivity index (χ2v) is 4.78. The molecule has 0 saturated carbocycles. The van der Waals surface area contributed by atoms with Crippen LogP contribution in [0.2, 0.25) is 0 Å². The highest BCUT2D eigenvalue weighted by atomic mass is 32.2. The summed E-state index contributed by atoms with van der Waals surface area (Å²) in [5.74, 6) is 1.37. The summed E-state index contributed by atoms with van der Waals surface area (Å²) >= 11 is 1.83. The third-order valence-corrected chi connectivity index (χ3v) is 4.15. The summed E-state index contributed by atoms with van der Waals surface area (Å²) in [6.07, 6.45) is 0. The van der Waals surface area contributed by atoms with Crippen molar-refractivity contribution in [2.45, 2.75) is 10.8 Å². The maximum atomic E-state index is 11.5. The van der Waals surface area contributed by atoms with Gasteiger partial charge in [-0.2, -0.15) is 0 Å². The molecule has 2 nitrogen and oxygen atoms in total. The highest BCUT2D eigenvalue weighted by Gasteiger charge is 2.41. The topological polar surface area (TPSA) is 26.3 Å². The Morgan fingerprint density at radius 2 is 2.21 bits per heavy atom. The predicted octanol–water partition coefficient (Wildman–Crippen LogP) is 2.05. The van der Waals surface area contributed by atoms with Crippen molar-refractivity contribution in [3.05, 3.63) is 29.8 Å². The van der Waals surface area contributed by atoms with Crippen LogP contribution in [-0.4, -0.2) is 18.3 Å². The molecule has 0 aliphatic carbocycles. The van der Waals surface area contributed by atoms with Gasteiger partial charge in [-0.05, 0) is 11.6 Å². The van der Waals surface area contributed by atoms with Gasteiger partial charge in [-0.1, -0.05) is 18.2 Å². The van der Waals surface area contributed by atoms with Crippen molar-refractivity contribution in [1.29, 1.82) is 0 Å². The summed E-state index contributed by atoms with van der Waals surface area (Å²) in [5, 5.41) is 0. The molecule has 3 heteroatoms. The lowest BCUT2D eigenvalue weighted by atomic mass is 9.89. The van der Waals surface area contributed by atoms with Crippen molar-refractivity contribution in [2.75, 3.05) is 12.4 Å². The maximum Gasteiger partial charge on any atom is 0.313 e. The van der Waals surface area contributed by atoms with Crippen LogP contribution in [0.4, 0.5) is 0 Å². The molecule has 3 rings (SSSR count). The molecule has 72 valence electrons. The van der Waals surface area contributed by atoms with Crippen LogP contribution in [0.1, 0.15) is 11.5 Å². The minimum absolute atomic E-state index is 0.00690. The predicted molar refractivity (Wildman–Crippen MR) is 54.4 cm³/mol. The van der Waals surface area contributed by atoms with Crippen molar-refractivity contribution in [2.24, 2.45) is 5.92 Å². The van der Waals surface area contributed by atoms with Crippen molar-refractivity contribution in [3.63, 3.8) is 0 Å². The van der Waals surface area contributed by atoms with Crippen molar-refractivity contribution >= 4 is 17.7 Å². The molecule has 14 heavy (non-hydrogen) atoms. The van der Waals surface area contributed by atoms with Crippen LogP contribution in [0, 0.1) is 5.92 Å². The van der Waals surface area contributed by atoms with Crippen LogP contribution in [0.15, 0.2) is 29.2 Å². The molecule has 2 aliphatic rings. The molecule has 2 unspecified atom stereocenters. The Labute approximate surface area is 86.6 Å². The standard InChI is InChI=1S/C11H10O2S/c12-11-10-7(5-13-11)6-14-9-4-2-1-3-8(9)10/h1-4,7,10H,5-6H2. The van der Waals surface area contributed by atoms with E-state index in [2.05, 4.69) is 6.07 Å². The second kappa shape index (κ2) is 3.02. The summed E-state index contributed by atoms with van der Waals surface area (Å²) in [6, 6.07) is 8.15. The van der Waals surface area contributed by atoms with Crippen LogP contribution >= 0.6 is 11.8 Å². The first kappa shape index (κ1) is 8.36. The number of carbonyl (C=O) groups is 1. The Morgan fingerprint density at radius 1 is 1.36 bits per heavy atom. The Morgan fingerprint density at radius 3 is 3.14 bits per heavy atom. The molecule has 0 aromatic heterocycles. The van der Waals surface area contributed by atoms with E-state index in [9.17, 15) is 4.79 Å². The molecule has 1 aromatic carbocycles. The SMILES string of the molecule is O=C1OCC2CSc3ccccc3C12. The van der Waals surface area contributed by atoms with E-state index in [4.69, 9.17) is 4.74 Å². The number of hydrogen-bond acceptors (Lipinski definition) is 3. The number of carbonyl (C=O) groups excluding carboxylic acids is 1. The fourth-order valence-electron chi connectivity index (χ4n) is 2.16. The lowest BCUT2D eigenvalue weighted by Crippen LogP contribution is -2.20. The minimum Gasteiger partial charge on any atom is -0.465 e. The van der Waals surface area contributed by atoms with Crippen LogP contribution in [0.5, 0.6) is 0 Å². The van der Waals surface area contributed by atoms with Crippen molar-refractivity contribution in [1.82, 2.24) is 0 Å². The third kappa shape index (κ3) is 1.08. The summed E-state index contributed by atoms with van der Waals surface area (Å²) in [7, 11) is 0. The lowest BCUT2D eigenvalue weighted by molar-refractivity contribution is -0.139. The van der Waals surface area contributed by atoms with E-state index in [1.165, 1.54) is 4.90 Å². The Balaban J connectivity index is 2.11. The number of benzene rings is 1. The van der Waals surface area contributed by atoms with Gasteiger partial charge in [-0.3, -0.25) is 4.79 Å². The quantitative estimate of drug-likeness (QED) is 0.608. The minimum atomic E-state index is -0.0391. The molecular weight excluding hydrogens is 196 g/mol. The van der Waals surface area contributed by atoms with Gasteiger partial charge >= 0.3 is 5.97 Å². The number of ether oxygens (including phenoxy) is 1. The molecule has 0 N–H and O–H groups in total. The Hall–Kier alpha value is -0.960. The molecule has 0 amide bonds. The molecular formula is C11H10O2S. The van der Waals surface area contributed by atoms with Gasteiger partial charge in [0.05, 0.1) is 12.5 Å².